The minimum Gasteiger partial charge on any atom is -0.377 e. The number of carbonyl (C=O) groups excluding carboxylic acids is 1. The molecule has 0 radical (unpaired) electrons. The number of rotatable bonds is 3. The van der Waals surface area contributed by atoms with E-state index in [9.17, 15) is 4.79 Å². The Kier molecular flexibility index (Phi) is 3.18. The molecule has 1 aromatic rings. The molecule has 0 aliphatic carbocycles. The molecule has 1 amide bonds. The van der Waals surface area contributed by atoms with Gasteiger partial charge in [-0.3, -0.25) is 4.79 Å². The van der Waals surface area contributed by atoms with Crippen molar-refractivity contribution in [1.82, 2.24) is 10.3 Å². The van der Waals surface area contributed by atoms with E-state index >= 15 is 0 Å². The van der Waals surface area contributed by atoms with Gasteiger partial charge in [-0.05, 0) is 17.7 Å². The first-order chi connectivity index (χ1) is 7.24. The summed E-state index contributed by atoms with van der Waals surface area (Å²) in [6, 6.07) is 3.65. The third kappa shape index (κ3) is 2.91. The molecule has 1 aromatic heterocycles. The Balaban J connectivity index is 1.87. The van der Waals surface area contributed by atoms with Gasteiger partial charge in [-0.25, -0.2) is 4.98 Å². The maximum Gasteiger partial charge on any atom is 0.224 e. The highest BCUT2D eigenvalue weighted by molar-refractivity contribution is 6.29. The second-order valence-corrected chi connectivity index (χ2v) is 3.85. The summed E-state index contributed by atoms with van der Waals surface area (Å²) in [6.07, 6.45) is 1.93. The maximum atomic E-state index is 11.5. The van der Waals surface area contributed by atoms with Gasteiger partial charge in [0.2, 0.25) is 5.91 Å². The summed E-state index contributed by atoms with van der Waals surface area (Å²) in [7, 11) is 0. The predicted molar refractivity (Wildman–Crippen MR) is 55.7 cm³/mol. The molecule has 1 fully saturated rings. The Labute approximate surface area is 92.6 Å². The number of amides is 1. The van der Waals surface area contributed by atoms with E-state index < -0.39 is 0 Å². The molecular weight excluding hydrogens is 216 g/mol. The lowest BCUT2D eigenvalue weighted by Gasteiger charge is -2.26. The van der Waals surface area contributed by atoms with Gasteiger partial charge in [0.05, 0.1) is 25.7 Å². The van der Waals surface area contributed by atoms with Gasteiger partial charge in [0.15, 0.2) is 0 Å². The van der Waals surface area contributed by atoms with E-state index in [1.54, 1.807) is 18.3 Å². The van der Waals surface area contributed by atoms with Gasteiger partial charge < -0.3 is 10.1 Å². The number of carbonyl (C=O) groups is 1. The van der Waals surface area contributed by atoms with Crippen molar-refractivity contribution in [2.75, 3.05) is 13.2 Å². The van der Waals surface area contributed by atoms with Crippen LogP contribution in [0.3, 0.4) is 0 Å². The maximum absolute atomic E-state index is 11.5. The average Bonchev–Trinajstić information content (AvgIpc) is 2.11. The topological polar surface area (TPSA) is 51.2 Å². The highest BCUT2D eigenvalue weighted by atomic mass is 35.5. The number of hydrogen-bond donors (Lipinski definition) is 1. The van der Waals surface area contributed by atoms with E-state index in [4.69, 9.17) is 16.3 Å². The van der Waals surface area contributed by atoms with Gasteiger partial charge in [-0.15, -0.1) is 0 Å². The summed E-state index contributed by atoms with van der Waals surface area (Å²) >= 11 is 5.71. The fraction of sp³-hybridized carbons (Fsp3) is 0.400. The number of nitrogens with zero attached hydrogens (tertiary/aromatic N) is 1. The lowest BCUT2D eigenvalue weighted by Crippen LogP contribution is -2.49. The Morgan fingerprint density at radius 3 is 3.07 bits per heavy atom. The number of hydrogen-bond acceptors (Lipinski definition) is 3. The second-order valence-electron chi connectivity index (χ2n) is 3.47. The standard InChI is InChI=1S/C10H11ClN2O2/c11-9-3-7(1-2-12-9)4-10(14)13-8-5-15-6-8/h1-3,8H,4-6H2,(H,13,14). The summed E-state index contributed by atoms with van der Waals surface area (Å²) < 4.78 is 4.96. The van der Waals surface area contributed by atoms with Crippen LogP contribution >= 0.6 is 11.6 Å². The van der Waals surface area contributed by atoms with Crippen molar-refractivity contribution in [3.05, 3.63) is 29.0 Å². The van der Waals surface area contributed by atoms with Crippen molar-refractivity contribution in [2.45, 2.75) is 12.5 Å². The van der Waals surface area contributed by atoms with Gasteiger partial charge in [0, 0.05) is 6.20 Å². The fourth-order valence-electron chi connectivity index (χ4n) is 1.34. The van der Waals surface area contributed by atoms with E-state index in [2.05, 4.69) is 10.3 Å². The molecule has 4 nitrogen and oxygen atoms in total. The summed E-state index contributed by atoms with van der Waals surface area (Å²) in [4.78, 5) is 15.3. The lowest BCUT2D eigenvalue weighted by atomic mass is 10.1. The number of pyridine rings is 1. The zero-order valence-corrected chi connectivity index (χ0v) is 8.83. The molecule has 5 heteroatoms. The summed E-state index contributed by atoms with van der Waals surface area (Å²) in [5.74, 6) is -0.00873. The van der Waals surface area contributed by atoms with Crippen LogP contribution in [0, 0.1) is 0 Å². The minimum atomic E-state index is -0.00873. The van der Waals surface area contributed by atoms with E-state index in [1.165, 1.54) is 0 Å². The van der Waals surface area contributed by atoms with Crippen LogP contribution in [0.5, 0.6) is 0 Å². The Hall–Kier alpha value is -1.13. The highest BCUT2D eigenvalue weighted by Crippen LogP contribution is 2.08. The van der Waals surface area contributed by atoms with Crippen LogP contribution in [-0.2, 0) is 16.0 Å². The fourth-order valence-corrected chi connectivity index (χ4v) is 1.53. The molecule has 1 aliphatic rings. The smallest absolute Gasteiger partial charge is 0.224 e. The van der Waals surface area contributed by atoms with Crippen LogP contribution in [0.4, 0.5) is 0 Å². The first-order valence-corrected chi connectivity index (χ1v) is 5.09. The molecule has 0 spiro atoms. The van der Waals surface area contributed by atoms with Crippen molar-refractivity contribution < 1.29 is 9.53 Å². The quantitative estimate of drug-likeness (QED) is 0.776. The number of aromatic nitrogens is 1. The zero-order chi connectivity index (χ0) is 10.7. The molecule has 1 saturated heterocycles. The molecule has 15 heavy (non-hydrogen) atoms. The lowest BCUT2D eigenvalue weighted by molar-refractivity contribution is -0.124. The van der Waals surface area contributed by atoms with Crippen molar-refractivity contribution in [1.29, 1.82) is 0 Å². The monoisotopic (exact) mass is 226 g/mol. The Morgan fingerprint density at radius 2 is 2.47 bits per heavy atom. The van der Waals surface area contributed by atoms with E-state index in [0.717, 1.165) is 5.56 Å². The second kappa shape index (κ2) is 4.59. The molecule has 2 rings (SSSR count). The molecule has 80 valence electrons. The Bertz CT molecular complexity index is 366. The highest BCUT2D eigenvalue weighted by Gasteiger charge is 2.20. The largest absolute Gasteiger partial charge is 0.377 e. The van der Waals surface area contributed by atoms with Crippen LogP contribution in [0.1, 0.15) is 5.56 Å². The average molecular weight is 227 g/mol. The summed E-state index contributed by atoms with van der Waals surface area (Å²) in [5.41, 5.74) is 0.868. The number of nitrogens with one attached hydrogen (secondary N) is 1. The van der Waals surface area contributed by atoms with Crippen molar-refractivity contribution in [2.24, 2.45) is 0 Å². The molecule has 1 N–H and O–H groups in total. The number of halogens is 1. The van der Waals surface area contributed by atoms with Crippen LogP contribution in [0.15, 0.2) is 18.3 Å². The third-order valence-electron chi connectivity index (χ3n) is 2.16. The molecule has 1 aliphatic heterocycles. The van der Waals surface area contributed by atoms with Crippen LogP contribution in [0.2, 0.25) is 5.15 Å². The minimum absolute atomic E-state index is 0.00873. The van der Waals surface area contributed by atoms with Gasteiger partial charge >= 0.3 is 0 Å². The van der Waals surface area contributed by atoms with Crippen LogP contribution in [-0.4, -0.2) is 30.1 Å². The molecule has 0 aromatic carbocycles. The molecule has 0 unspecified atom stereocenters. The van der Waals surface area contributed by atoms with Crippen molar-refractivity contribution in [3.63, 3.8) is 0 Å². The van der Waals surface area contributed by atoms with Gasteiger partial charge in [0.1, 0.15) is 5.15 Å². The SMILES string of the molecule is O=C(Cc1ccnc(Cl)c1)NC1COC1. The summed E-state index contributed by atoms with van der Waals surface area (Å²) in [6.45, 7) is 1.23. The molecule has 0 atom stereocenters. The van der Waals surface area contributed by atoms with Crippen LogP contribution < -0.4 is 5.32 Å². The summed E-state index contributed by atoms with van der Waals surface area (Å²) in [5, 5.41) is 3.27. The number of ether oxygens (including phenoxy) is 1. The van der Waals surface area contributed by atoms with Crippen molar-refractivity contribution in [3.8, 4) is 0 Å². The molecular formula is C10H11ClN2O2. The zero-order valence-electron chi connectivity index (χ0n) is 8.07. The van der Waals surface area contributed by atoms with E-state index in [0.29, 0.717) is 24.8 Å². The van der Waals surface area contributed by atoms with Gasteiger partial charge in [-0.1, -0.05) is 11.6 Å². The third-order valence-corrected chi connectivity index (χ3v) is 2.37. The first kappa shape index (κ1) is 10.4. The predicted octanol–water partition coefficient (Wildman–Crippen LogP) is 0.792. The van der Waals surface area contributed by atoms with Crippen molar-refractivity contribution >= 4 is 17.5 Å². The van der Waals surface area contributed by atoms with Gasteiger partial charge in [-0.2, -0.15) is 0 Å². The normalized spacial score (nSPS) is 15.8. The molecule has 0 bridgehead atoms. The van der Waals surface area contributed by atoms with Crippen LogP contribution in [0.25, 0.3) is 0 Å². The first-order valence-electron chi connectivity index (χ1n) is 4.71. The van der Waals surface area contributed by atoms with Gasteiger partial charge in [0.25, 0.3) is 0 Å². The molecule has 0 saturated carbocycles. The Morgan fingerprint density at radius 1 is 1.67 bits per heavy atom. The molecule has 2 heterocycles. The van der Waals surface area contributed by atoms with E-state index in [1.807, 2.05) is 0 Å². The van der Waals surface area contributed by atoms with E-state index in [-0.39, 0.29) is 11.9 Å².